The SMILES string of the molecule is CC(C)C1C(=O)NC(=O)N(C(C)C2CCCC2)C1=O. The maximum atomic E-state index is 12.4. The molecular weight excluding hydrogens is 244 g/mol. The van der Waals surface area contributed by atoms with E-state index in [1.54, 1.807) is 0 Å². The lowest BCUT2D eigenvalue weighted by molar-refractivity contribution is -0.146. The summed E-state index contributed by atoms with van der Waals surface area (Å²) in [5.41, 5.74) is 0. The smallest absolute Gasteiger partial charge is 0.277 e. The number of carbonyl (C=O) groups is 3. The number of imide groups is 2. The predicted molar refractivity (Wildman–Crippen MR) is 70.1 cm³/mol. The molecule has 0 radical (unpaired) electrons. The van der Waals surface area contributed by atoms with Crippen molar-refractivity contribution < 1.29 is 14.4 Å². The Morgan fingerprint density at radius 3 is 2.21 bits per heavy atom. The van der Waals surface area contributed by atoms with Gasteiger partial charge in [0.15, 0.2) is 0 Å². The van der Waals surface area contributed by atoms with E-state index in [0.717, 1.165) is 25.7 Å². The van der Waals surface area contributed by atoms with E-state index in [4.69, 9.17) is 0 Å². The third-order valence-corrected chi connectivity index (χ3v) is 4.39. The summed E-state index contributed by atoms with van der Waals surface area (Å²) < 4.78 is 0. The van der Waals surface area contributed by atoms with Gasteiger partial charge in [0, 0.05) is 6.04 Å². The molecule has 2 aliphatic rings. The van der Waals surface area contributed by atoms with Crippen molar-refractivity contribution in [1.82, 2.24) is 10.2 Å². The van der Waals surface area contributed by atoms with Gasteiger partial charge in [0.25, 0.3) is 0 Å². The number of nitrogens with one attached hydrogen (secondary N) is 1. The number of nitrogens with zero attached hydrogens (tertiary/aromatic N) is 1. The van der Waals surface area contributed by atoms with Gasteiger partial charge in [0.2, 0.25) is 11.8 Å². The van der Waals surface area contributed by atoms with Crippen molar-refractivity contribution in [2.75, 3.05) is 0 Å². The minimum atomic E-state index is -0.735. The van der Waals surface area contributed by atoms with Crippen molar-refractivity contribution in [3.63, 3.8) is 0 Å². The number of barbiturate groups is 1. The van der Waals surface area contributed by atoms with Crippen LogP contribution in [0, 0.1) is 17.8 Å². The highest BCUT2D eigenvalue weighted by molar-refractivity contribution is 6.16. The van der Waals surface area contributed by atoms with Crippen molar-refractivity contribution in [3.05, 3.63) is 0 Å². The van der Waals surface area contributed by atoms with Crippen LogP contribution in [-0.2, 0) is 9.59 Å². The fourth-order valence-corrected chi connectivity index (χ4v) is 3.23. The number of urea groups is 1. The van der Waals surface area contributed by atoms with E-state index in [0.29, 0.717) is 5.92 Å². The zero-order valence-electron chi connectivity index (χ0n) is 11.8. The number of amides is 4. The van der Waals surface area contributed by atoms with Crippen molar-refractivity contribution >= 4 is 17.8 Å². The third kappa shape index (κ3) is 2.51. The van der Waals surface area contributed by atoms with E-state index in [1.807, 2.05) is 20.8 Å². The Morgan fingerprint density at radius 1 is 1.11 bits per heavy atom. The highest BCUT2D eigenvalue weighted by Crippen LogP contribution is 2.32. The summed E-state index contributed by atoms with van der Waals surface area (Å²) in [4.78, 5) is 37.4. The average Bonchev–Trinajstić information content (AvgIpc) is 2.80. The maximum absolute atomic E-state index is 12.4. The summed E-state index contributed by atoms with van der Waals surface area (Å²) in [6, 6.07) is -0.671. The molecule has 0 bridgehead atoms. The normalized spacial score (nSPS) is 27.1. The Balaban J connectivity index is 2.20. The second-order valence-electron chi connectivity index (χ2n) is 6.01. The van der Waals surface area contributed by atoms with Gasteiger partial charge in [0.05, 0.1) is 0 Å². The first-order chi connectivity index (χ1) is 8.93. The Hall–Kier alpha value is -1.39. The molecule has 0 aromatic carbocycles. The van der Waals surface area contributed by atoms with Crippen molar-refractivity contribution in [2.45, 2.75) is 52.5 Å². The fourth-order valence-electron chi connectivity index (χ4n) is 3.23. The summed E-state index contributed by atoms with van der Waals surface area (Å²) in [7, 11) is 0. The van der Waals surface area contributed by atoms with Crippen LogP contribution in [-0.4, -0.2) is 28.8 Å². The largest absolute Gasteiger partial charge is 0.331 e. The van der Waals surface area contributed by atoms with Crippen LogP contribution in [0.15, 0.2) is 0 Å². The monoisotopic (exact) mass is 266 g/mol. The summed E-state index contributed by atoms with van der Waals surface area (Å²) in [6.07, 6.45) is 4.42. The lowest BCUT2D eigenvalue weighted by atomic mass is 9.89. The van der Waals surface area contributed by atoms with Gasteiger partial charge in [-0.2, -0.15) is 0 Å². The van der Waals surface area contributed by atoms with E-state index in [9.17, 15) is 14.4 Å². The van der Waals surface area contributed by atoms with E-state index < -0.39 is 17.9 Å². The van der Waals surface area contributed by atoms with Crippen molar-refractivity contribution in [1.29, 1.82) is 0 Å². The molecule has 1 N–H and O–H groups in total. The molecule has 5 nitrogen and oxygen atoms in total. The van der Waals surface area contributed by atoms with Crippen LogP contribution in [0.25, 0.3) is 0 Å². The lowest BCUT2D eigenvalue weighted by Gasteiger charge is -2.37. The quantitative estimate of drug-likeness (QED) is 0.793. The van der Waals surface area contributed by atoms with Gasteiger partial charge in [-0.3, -0.25) is 19.8 Å². The Bertz CT molecular complexity index is 399. The van der Waals surface area contributed by atoms with Crippen LogP contribution in [0.1, 0.15) is 46.5 Å². The Morgan fingerprint density at radius 2 is 1.68 bits per heavy atom. The minimum Gasteiger partial charge on any atom is -0.277 e. The van der Waals surface area contributed by atoms with Gasteiger partial charge in [-0.15, -0.1) is 0 Å². The molecule has 2 atom stereocenters. The zero-order chi connectivity index (χ0) is 14.2. The van der Waals surface area contributed by atoms with Crippen LogP contribution in [0.2, 0.25) is 0 Å². The summed E-state index contributed by atoms with van der Waals surface area (Å²) in [5.74, 6) is -1.25. The average molecular weight is 266 g/mol. The number of carbonyl (C=O) groups excluding carboxylic acids is 3. The first-order valence-electron chi connectivity index (χ1n) is 7.11. The summed E-state index contributed by atoms with van der Waals surface area (Å²) in [6.45, 7) is 5.58. The molecule has 19 heavy (non-hydrogen) atoms. The minimum absolute atomic E-state index is 0.0983. The highest BCUT2D eigenvalue weighted by Gasteiger charge is 2.45. The fraction of sp³-hybridized carbons (Fsp3) is 0.786. The molecule has 2 unspecified atom stereocenters. The van der Waals surface area contributed by atoms with Crippen LogP contribution in [0.3, 0.4) is 0 Å². The van der Waals surface area contributed by atoms with Gasteiger partial charge in [-0.1, -0.05) is 26.7 Å². The second-order valence-corrected chi connectivity index (χ2v) is 6.01. The first-order valence-corrected chi connectivity index (χ1v) is 7.11. The van der Waals surface area contributed by atoms with Crippen molar-refractivity contribution in [2.24, 2.45) is 17.8 Å². The van der Waals surface area contributed by atoms with Crippen molar-refractivity contribution in [3.8, 4) is 0 Å². The van der Waals surface area contributed by atoms with E-state index >= 15 is 0 Å². The van der Waals surface area contributed by atoms with Gasteiger partial charge in [0.1, 0.15) is 5.92 Å². The lowest BCUT2D eigenvalue weighted by Crippen LogP contribution is -2.62. The molecule has 1 saturated carbocycles. The Kier molecular flexibility index (Phi) is 3.92. The molecule has 0 aromatic heterocycles. The van der Waals surface area contributed by atoms with E-state index in [2.05, 4.69) is 5.32 Å². The van der Waals surface area contributed by atoms with Gasteiger partial charge < -0.3 is 0 Å². The number of rotatable bonds is 3. The van der Waals surface area contributed by atoms with Gasteiger partial charge in [-0.05, 0) is 31.6 Å². The molecule has 4 amide bonds. The van der Waals surface area contributed by atoms with E-state index in [1.165, 1.54) is 4.90 Å². The van der Waals surface area contributed by atoms with Crippen LogP contribution in [0.5, 0.6) is 0 Å². The first kappa shape index (κ1) is 14.0. The molecule has 2 rings (SSSR count). The predicted octanol–water partition coefficient (Wildman–Crippen LogP) is 1.92. The maximum Gasteiger partial charge on any atom is 0.331 e. The molecule has 0 spiro atoms. The third-order valence-electron chi connectivity index (χ3n) is 4.39. The number of hydrogen-bond acceptors (Lipinski definition) is 3. The number of hydrogen-bond donors (Lipinski definition) is 1. The molecule has 106 valence electrons. The van der Waals surface area contributed by atoms with Crippen LogP contribution >= 0.6 is 0 Å². The molecule has 0 aromatic rings. The summed E-state index contributed by atoms with van der Waals surface area (Å²) in [5, 5.41) is 2.32. The Labute approximate surface area is 113 Å². The molecule has 2 fully saturated rings. The summed E-state index contributed by atoms with van der Waals surface area (Å²) >= 11 is 0. The highest BCUT2D eigenvalue weighted by atomic mass is 16.2. The van der Waals surface area contributed by atoms with Crippen LogP contribution < -0.4 is 5.32 Å². The molecule has 1 saturated heterocycles. The van der Waals surface area contributed by atoms with Gasteiger partial charge in [-0.25, -0.2) is 4.79 Å². The molecule has 1 aliphatic heterocycles. The van der Waals surface area contributed by atoms with E-state index in [-0.39, 0.29) is 17.9 Å². The zero-order valence-corrected chi connectivity index (χ0v) is 11.8. The van der Waals surface area contributed by atoms with Gasteiger partial charge >= 0.3 is 6.03 Å². The molecular formula is C14H22N2O3. The topological polar surface area (TPSA) is 66.5 Å². The standard InChI is InChI=1S/C14H22N2O3/c1-8(2)11-12(17)15-14(19)16(13(11)18)9(3)10-6-4-5-7-10/h8-11H,4-7H2,1-3H3,(H,15,17,19). The molecule has 5 heteroatoms. The molecule has 1 aliphatic carbocycles. The second kappa shape index (κ2) is 5.31. The molecule has 1 heterocycles. The van der Waals surface area contributed by atoms with Crippen LogP contribution in [0.4, 0.5) is 4.79 Å².